The Morgan fingerprint density at radius 3 is 2.44 bits per heavy atom. The van der Waals surface area contributed by atoms with E-state index in [-0.39, 0.29) is 12.2 Å². The van der Waals surface area contributed by atoms with Gasteiger partial charge in [-0.25, -0.2) is 4.98 Å². The molecule has 2 aromatic carbocycles. The number of ether oxygens (including phenoxy) is 1. The zero-order valence-corrected chi connectivity index (χ0v) is 17.8. The summed E-state index contributed by atoms with van der Waals surface area (Å²) in [6.45, 7) is 0.196. The van der Waals surface area contributed by atoms with Crippen molar-refractivity contribution in [1.82, 2.24) is 24.3 Å². The third-order valence-corrected chi connectivity index (χ3v) is 5.39. The summed E-state index contributed by atoms with van der Waals surface area (Å²) in [4.78, 5) is 21.2. The first-order valence-corrected chi connectivity index (χ1v) is 10.2. The molecule has 0 radical (unpaired) electrons. The molecule has 0 atom stereocenters. The molecule has 0 saturated heterocycles. The van der Waals surface area contributed by atoms with Crippen LogP contribution in [0, 0.1) is 0 Å². The third kappa shape index (κ3) is 3.65. The van der Waals surface area contributed by atoms with Crippen LogP contribution in [0.3, 0.4) is 0 Å². The fourth-order valence-corrected chi connectivity index (χ4v) is 3.69. The topological polar surface area (TPSA) is 74.8 Å². The number of rotatable bonds is 5. The Hall–Kier alpha value is -4.26. The summed E-state index contributed by atoms with van der Waals surface area (Å²) in [6, 6.07) is 19.0. The van der Waals surface area contributed by atoms with Crippen molar-refractivity contribution in [3.8, 4) is 28.1 Å². The Morgan fingerprint density at radius 2 is 1.66 bits per heavy atom. The van der Waals surface area contributed by atoms with Crippen LogP contribution in [0.1, 0.15) is 5.82 Å². The summed E-state index contributed by atoms with van der Waals surface area (Å²) in [7, 11) is 3.62. The van der Waals surface area contributed by atoms with Crippen molar-refractivity contribution < 1.29 is 4.74 Å². The molecule has 0 bridgehead atoms. The maximum Gasteiger partial charge on any atom is 0.261 e. The highest BCUT2D eigenvalue weighted by atomic mass is 16.5. The minimum Gasteiger partial charge on any atom is -0.486 e. The number of aromatic nitrogens is 5. The monoisotopic (exact) mass is 422 g/mol. The number of benzene rings is 2. The van der Waals surface area contributed by atoms with E-state index in [1.807, 2.05) is 67.8 Å². The van der Waals surface area contributed by atoms with Crippen LogP contribution < -0.4 is 10.3 Å². The van der Waals surface area contributed by atoms with Gasteiger partial charge in [0.05, 0.1) is 10.9 Å². The van der Waals surface area contributed by atoms with E-state index in [0.717, 1.165) is 22.4 Å². The van der Waals surface area contributed by atoms with Crippen LogP contribution in [0.4, 0.5) is 0 Å². The predicted octanol–water partition coefficient (Wildman–Crippen LogP) is 3.98. The average Bonchev–Trinajstić information content (AvgIpc) is 3.23. The van der Waals surface area contributed by atoms with Crippen LogP contribution in [-0.4, -0.2) is 24.3 Å². The summed E-state index contributed by atoms with van der Waals surface area (Å²) in [5, 5.41) is 5.24. The maximum absolute atomic E-state index is 12.6. The molecule has 0 unspecified atom stereocenters. The van der Waals surface area contributed by atoms with Crippen molar-refractivity contribution in [1.29, 1.82) is 0 Å². The highest BCUT2D eigenvalue weighted by molar-refractivity contribution is 5.80. The molecule has 0 aliphatic rings. The molecule has 5 aromatic rings. The number of nitrogens with zero attached hydrogens (tertiary/aromatic N) is 5. The average molecular weight is 422 g/mol. The minimum absolute atomic E-state index is 0.0802. The van der Waals surface area contributed by atoms with Gasteiger partial charge in [-0.3, -0.25) is 19.0 Å². The summed E-state index contributed by atoms with van der Waals surface area (Å²) >= 11 is 0. The van der Waals surface area contributed by atoms with E-state index in [1.54, 1.807) is 30.2 Å². The molecule has 0 aliphatic carbocycles. The summed E-state index contributed by atoms with van der Waals surface area (Å²) in [6.07, 6.45) is 5.55. The van der Waals surface area contributed by atoms with Gasteiger partial charge in [-0.15, -0.1) is 0 Å². The Kier molecular flexibility index (Phi) is 4.99. The molecule has 158 valence electrons. The van der Waals surface area contributed by atoms with Crippen LogP contribution in [-0.2, 0) is 20.7 Å². The van der Waals surface area contributed by atoms with Gasteiger partial charge < -0.3 is 4.74 Å². The molecule has 0 saturated carbocycles. The Balaban J connectivity index is 1.39. The van der Waals surface area contributed by atoms with Gasteiger partial charge in [-0.2, -0.15) is 5.10 Å². The Morgan fingerprint density at radius 1 is 0.906 bits per heavy atom. The van der Waals surface area contributed by atoms with Crippen molar-refractivity contribution in [2.45, 2.75) is 6.61 Å². The molecule has 7 heteroatoms. The van der Waals surface area contributed by atoms with Gasteiger partial charge in [0.25, 0.3) is 5.56 Å². The van der Waals surface area contributed by atoms with E-state index in [2.05, 4.69) is 15.1 Å². The summed E-state index contributed by atoms with van der Waals surface area (Å²) in [5.41, 5.74) is 4.57. The normalized spacial score (nSPS) is 11.1. The highest BCUT2D eigenvalue weighted by Crippen LogP contribution is 2.31. The highest BCUT2D eigenvalue weighted by Gasteiger charge is 2.13. The Bertz CT molecular complexity index is 1450. The molecule has 0 N–H and O–H groups in total. The van der Waals surface area contributed by atoms with Crippen molar-refractivity contribution >= 4 is 10.9 Å². The predicted molar refractivity (Wildman–Crippen MR) is 123 cm³/mol. The number of pyridine rings is 1. The first-order chi connectivity index (χ1) is 15.6. The molecular formula is C25H21N5O2. The zero-order chi connectivity index (χ0) is 22.1. The van der Waals surface area contributed by atoms with Crippen LogP contribution in [0.15, 0.2) is 84.0 Å². The number of hydrogen-bond donors (Lipinski definition) is 0. The lowest BCUT2D eigenvalue weighted by Gasteiger charge is -2.11. The fraction of sp³-hybridized carbons (Fsp3) is 0.120. The first kappa shape index (κ1) is 19.7. The number of aryl methyl sites for hydroxylation is 1. The Labute approximate surface area is 184 Å². The lowest BCUT2D eigenvalue weighted by Crippen LogP contribution is -2.23. The van der Waals surface area contributed by atoms with E-state index >= 15 is 0 Å². The molecule has 0 aliphatic heterocycles. The summed E-state index contributed by atoms with van der Waals surface area (Å²) < 4.78 is 9.27. The number of hydrogen-bond acceptors (Lipinski definition) is 5. The standard InChI is InChI=1S/C25H21N5O2/c1-29-15-21(17-11-13-26-14-12-17)24(28-29)18-7-9-19(10-8-18)32-16-23-27-22-6-4-3-5-20(22)25(31)30(23)2/h3-15H,16H2,1-2H3/i2-1. The van der Waals surface area contributed by atoms with Gasteiger partial charge in [-0.1, -0.05) is 12.1 Å². The first-order valence-electron chi connectivity index (χ1n) is 10.2. The van der Waals surface area contributed by atoms with Crippen molar-refractivity contribution in [2.75, 3.05) is 0 Å². The molecule has 3 aromatic heterocycles. The van der Waals surface area contributed by atoms with Crippen LogP contribution in [0.5, 0.6) is 5.75 Å². The lowest BCUT2D eigenvalue weighted by atomic mass is 10.0. The van der Waals surface area contributed by atoms with Crippen LogP contribution >= 0.6 is 0 Å². The van der Waals surface area contributed by atoms with E-state index in [4.69, 9.17) is 4.74 Å². The van der Waals surface area contributed by atoms with Crippen molar-refractivity contribution in [3.63, 3.8) is 0 Å². The molecule has 5 rings (SSSR count). The molecule has 0 spiro atoms. The maximum atomic E-state index is 12.6. The van der Waals surface area contributed by atoms with Crippen molar-refractivity contribution in [3.05, 3.63) is 95.4 Å². The lowest BCUT2D eigenvalue weighted by molar-refractivity contribution is 0.290. The van der Waals surface area contributed by atoms with E-state index in [9.17, 15) is 4.79 Å². The molecule has 3 heterocycles. The number of fused-ring (bicyclic) bond motifs is 1. The smallest absolute Gasteiger partial charge is 0.261 e. The zero-order valence-electron chi connectivity index (χ0n) is 17.8. The number of para-hydroxylation sites is 1. The van der Waals surface area contributed by atoms with Gasteiger partial charge in [0.15, 0.2) is 0 Å². The van der Waals surface area contributed by atoms with Gasteiger partial charge in [0.2, 0.25) is 0 Å². The molecule has 0 fully saturated rings. The van der Waals surface area contributed by atoms with Gasteiger partial charge in [-0.05, 0) is 54.1 Å². The largest absolute Gasteiger partial charge is 0.486 e. The van der Waals surface area contributed by atoms with Crippen LogP contribution in [0.2, 0.25) is 0 Å². The molecule has 32 heavy (non-hydrogen) atoms. The van der Waals surface area contributed by atoms with Gasteiger partial charge >= 0.3 is 0 Å². The fourth-order valence-electron chi connectivity index (χ4n) is 3.69. The minimum atomic E-state index is -0.0802. The molecule has 0 amide bonds. The van der Waals surface area contributed by atoms with E-state index < -0.39 is 0 Å². The van der Waals surface area contributed by atoms with Gasteiger partial charge in [0, 0.05) is 43.8 Å². The SMILES string of the molecule is Cn1cc(-c2ccncc2)c(-c2ccc(OCc3nc4ccccc4c(=O)n3[11CH3])cc2)n1. The molecule has 7 nitrogen and oxygen atoms in total. The van der Waals surface area contributed by atoms with Crippen LogP contribution in [0.25, 0.3) is 33.3 Å². The van der Waals surface area contributed by atoms with E-state index in [1.165, 1.54) is 4.57 Å². The second-order valence-electron chi connectivity index (χ2n) is 7.52. The quantitative estimate of drug-likeness (QED) is 0.428. The second kappa shape index (κ2) is 8.11. The second-order valence-corrected chi connectivity index (χ2v) is 7.52. The molecular weight excluding hydrogens is 401 g/mol. The summed E-state index contributed by atoms with van der Waals surface area (Å²) in [5.74, 6) is 1.26. The van der Waals surface area contributed by atoms with E-state index in [0.29, 0.717) is 22.5 Å². The third-order valence-electron chi connectivity index (χ3n) is 5.39. The van der Waals surface area contributed by atoms with Gasteiger partial charge in [0.1, 0.15) is 23.9 Å². The van der Waals surface area contributed by atoms with Crippen molar-refractivity contribution in [2.24, 2.45) is 14.1 Å².